The molecule has 1 fully saturated rings. The summed E-state index contributed by atoms with van der Waals surface area (Å²) in [5, 5.41) is 2.57. The van der Waals surface area contributed by atoms with Crippen molar-refractivity contribution in [3.63, 3.8) is 0 Å². The highest BCUT2D eigenvalue weighted by molar-refractivity contribution is 9.10. The monoisotopic (exact) mass is 453 g/mol. The number of methoxy groups -OCH3 is 1. The number of thioether (sulfide) groups is 1. The minimum absolute atomic E-state index is 0.0641. The number of benzene rings is 2. The zero-order chi connectivity index (χ0) is 18.7. The molecule has 0 bridgehead atoms. The van der Waals surface area contributed by atoms with E-state index in [0.29, 0.717) is 30.8 Å². The summed E-state index contributed by atoms with van der Waals surface area (Å²) in [7, 11) is 1.51. The Kier molecular flexibility index (Phi) is 5.95. The van der Waals surface area contributed by atoms with Gasteiger partial charge >= 0.3 is 0 Å². The van der Waals surface area contributed by atoms with Crippen molar-refractivity contribution in [2.45, 2.75) is 6.61 Å². The van der Waals surface area contributed by atoms with Crippen molar-refractivity contribution in [2.24, 2.45) is 0 Å². The maximum absolute atomic E-state index is 13.8. The van der Waals surface area contributed by atoms with E-state index in [-0.39, 0.29) is 18.3 Å². The standard InChI is InChI=1S/C18H13BrFNO3S2/c1-23-14-7-10(8-15-17(22)21-18(25)26-15)6-12(19)16(14)24-9-11-4-2-3-5-13(11)20/h2-8H,9H2,1H3,(H,21,22,25)/b15-8+. The van der Waals surface area contributed by atoms with E-state index in [1.807, 2.05) is 0 Å². The van der Waals surface area contributed by atoms with E-state index < -0.39 is 0 Å². The summed E-state index contributed by atoms with van der Waals surface area (Å²) >= 11 is 9.63. The number of rotatable bonds is 5. The summed E-state index contributed by atoms with van der Waals surface area (Å²) in [6.45, 7) is 0.0641. The molecule has 2 aromatic rings. The summed E-state index contributed by atoms with van der Waals surface area (Å²) < 4.78 is 25.9. The van der Waals surface area contributed by atoms with Gasteiger partial charge in [0.2, 0.25) is 0 Å². The van der Waals surface area contributed by atoms with Gasteiger partial charge in [0, 0.05) is 5.56 Å². The molecule has 1 amide bonds. The van der Waals surface area contributed by atoms with E-state index in [1.54, 1.807) is 36.4 Å². The Morgan fingerprint density at radius 3 is 2.77 bits per heavy atom. The van der Waals surface area contributed by atoms with Crippen molar-refractivity contribution in [1.82, 2.24) is 5.32 Å². The predicted molar refractivity (Wildman–Crippen MR) is 108 cm³/mol. The molecule has 1 saturated heterocycles. The van der Waals surface area contributed by atoms with Crippen molar-refractivity contribution in [3.8, 4) is 11.5 Å². The molecule has 0 aromatic heterocycles. The van der Waals surface area contributed by atoms with Crippen LogP contribution in [0.2, 0.25) is 0 Å². The molecule has 3 rings (SSSR count). The average molecular weight is 454 g/mol. The van der Waals surface area contributed by atoms with E-state index >= 15 is 0 Å². The van der Waals surface area contributed by atoms with Crippen molar-refractivity contribution >= 4 is 56.2 Å². The van der Waals surface area contributed by atoms with Gasteiger partial charge in [0.25, 0.3) is 5.91 Å². The van der Waals surface area contributed by atoms with E-state index in [2.05, 4.69) is 21.2 Å². The number of hydrogen-bond acceptors (Lipinski definition) is 5. The van der Waals surface area contributed by atoms with Crippen LogP contribution in [0.15, 0.2) is 45.8 Å². The number of nitrogens with one attached hydrogen (secondary N) is 1. The highest BCUT2D eigenvalue weighted by Crippen LogP contribution is 2.38. The van der Waals surface area contributed by atoms with E-state index in [4.69, 9.17) is 21.7 Å². The van der Waals surface area contributed by atoms with Gasteiger partial charge in [-0.15, -0.1) is 0 Å². The highest BCUT2D eigenvalue weighted by Gasteiger charge is 2.22. The fourth-order valence-corrected chi connectivity index (χ4v) is 3.92. The first kappa shape index (κ1) is 18.9. The Bertz CT molecular complexity index is 917. The fourth-order valence-electron chi connectivity index (χ4n) is 2.30. The second kappa shape index (κ2) is 8.20. The molecule has 1 N–H and O–H groups in total. The van der Waals surface area contributed by atoms with Gasteiger partial charge in [0.1, 0.15) is 16.7 Å². The molecule has 1 aliphatic rings. The molecule has 8 heteroatoms. The zero-order valence-corrected chi connectivity index (χ0v) is 16.8. The van der Waals surface area contributed by atoms with E-state index in [1.165, 1.54) is 24.9 Å². The quantitative estimate of drug-likeness (QED) is 0.526. The summed E-state index contributed by atoms with van der Waals surface area (Å²) in [6.07, 6.45) is 1.72. The Balaban J connectivity index is 1.86. The lowest BCUT2D eigenvalue weighted by Gasteiger charge is -2.14. The van der Waals surface area contributed by atoms with Gasteiger partial charge in [-0.05, 0) is 45.8 Å². The molecule has 1 aliphatic heterocycles. The first-order valence-electron chi connectivity index (χ1n) is 7.46. The summed E-state index contributed by atoms with van der Waals surface area (Å²) in [4.78, 5) is 12.3. The molecular weight excluding hydrogens is 441 g/mol. The first-order valence-corrected chi connectivity index (χ1v) is 9.48. The molecule has 1 heterocycles. The molecule has 0 spiro atoms. The van der Waals surface area contributed by atoms with Gasteiger partial charge in [-0.3, -0.25) is 4.79 Å². The largest absolute Gasteiger partial charge is 0.493 e. The molecular formula is C18H13BrFNO3S2. The van der Waals surface area contributed by atoms with Crippen LogP contribution in [-0.2, 0) is 11.4 Å². The molecule has 0 saturated carbocycles. The first-order chi connectivity index (χ1) is 12.5. The van der Waals surface area contributed by atoms with Crippen LogP contribution in [-0.4, -0.2) is 17.3 Å². The van der Waals surface area contributed by atoms with Crippen molar-refractivity contribution in [3.05, 3.63) is 62.7 Å². The molecule has 4 nitrogen and oxygen atoms in total. The second-order valence-electron chi connectivity index (χ2n) is 5.27. The number of ether oxygens (including phenoxy) is 2. The molecule has 0 radical (unpaired) electrons. The molecule has 2 aromatic carbocycles. The third-order valence-corrected chi connectivity index (χ3v) is 5.27. The Morgan fingerprint density at radius 2 is 2.12 bits per heavy atom. The topological polar surface area (TPSA) is 47.6 Å². The number of hydrogen-bond donors (Lipinski definition) is 1. The maximum Gasteiger partial charge on any atom is 0.263 e. The number of halogens is 2. The van der Waals surface area contributed by atoms with E-state index in [0.717, 1.165) is 5.56 Å². The van der Waals surface area contributed by atoms with Crippen molar-refractivity contribution in [2.75, 3.05) is 7.11 Å². The minimum atomic E-state index is -0.329. The van der Waals surface area contributed by atoms with Gasteiger partial charge in [-0.2, -0.15) is 0 Å². The Morgan fingerprint density at radius 1 is 1.35 bits per heavy atom. The van der Waals surface area contributed by atoms with Crippen LogP contribution < -0.4 is 14.8 Å². The normalized spacial score (nSPS) is 15.3. The minimum Gasteiger partial charge on any atom is -0.493 e. The molecule has 134 valence electrons. The van der Waals surface area contributed by atoms with Gasteiger partial charge in [-0.1, -0.05) is 42.2 Å². The zero-order valence-electron chi connectivity index (χ0n) is 13.5. The summed E-state index contributed by atoms with van der Waals surface area (Å²) in [5.74, 6) is 0.365. The van der Waals surface area contributed by atoms with Crippen LogP contribution in [0.25, 0.3) is 6.08 Å². The number of amides is 1. The third kappa shape index (κ3) is 4.25. The lowest BCUT2D eigenvalue weighted by molar-refractivity contribution is -0.115. The molecule has 0 unspecified atom stereocenters. The summed E-state index contributed by atoms with van der Waals surface area (Å²) in [6, 6.07) is 9.95. The van der Waals surface area contributed by atoms with Crippen LogP contribution >= 0.6 is 39.9 Å². The summed E-state index contributed by atoms with van der Waals surface area (Å²) in [5.41, 5.74) is 1.19. The second-order valence-corrected chi connectivity index (χ2v) is 7.84. The Hall–Kier alpha value is -1.90. The smallest absolute Gasteiger partial charge is 0.263 e. The lowest BCUT2D eigenvalue weighted by atomic mass is 10.1. The van der Waals surface area contributed by atoms with Crippen LogP contribution in [0.4, 0.5) is 4.39 Å². The van der Waals surface area contributed by atoms with Crippen molar-refractivity contribution < 1.29 is 18.7 Å². The van der Waals surface area contributed by atoms with Crippen LogP contribution in [0.3, 0.4) is 0 Å². The molecule has 0 atom stereocenters. The fraction of sp³-hybridized carbons (Fsp3) is 0.111. The van der Waals surface area contributed by atoms with Gasteiger partial charge in [0.15, 0.2) is 11.5 Å². The van der Waals surface area contributed by atoms with E-state index in [9.17, 15) is 9.18 Å². The lowest BCUT2D eigenvalue weighted by Crippen LogP contribution is -2.17. The van der Waals surface area contributed by atoms with Gasteiger partial charge in [-0.25, -0.2) is 4.39 Å². The maximum atomic E-state index is 13.8. The predicted octanol–water partition coefficient (Wildman–Crippen LogP) is 4.66. The number of carbonyl (C=O) groups is 1. The molecule has 26 heavy (non-hydrogen) atoms. The number of thiocarbonyl (C=S) groups is 1. The van der Waals surface area contributed by atoms with Crippen LogP contribution in [0.1, 0.15) is 11.1 Å². The third-order valence-electron chi connectivity index (χ3n) is 3.52. The van der Waals surface area contributed by atoms with Crippen LogP contribution in [0, 0.1) is 5.82 Å². The Labute approximate surface area is 167 Å². The van der Waals surface area contributed by atoms with Crippen molar-refractivity contribution in [1.29, 1.82) is 0 Å². The van der Waals surface area contributed by atoms with Crippen LogP contribution in [0.5, 0.6) is 11.5 Å². The van der Waals surface area contributed by atoms with Gasteiger partial charge in [0.05, 0.1) is 16.5 Å². The molecule has 0 aliphatic carbocycles. The SMILES string of the molecule is COc1cc(/C=C2/SC(=S)NC2=O)cc(Br)c1OCc1ccccc1F. The highest BCUT2D eigenvalue weighted by atomic mass is 79.9. The average Bonchev–Trinajstić information content (AvgIpc) is 2.92. The number of carbonyl (C=O) groups excluding carboxylic acids is 1. The van der Waals surface area contributed by atoms with Gasteiger partial charge < -0.3 is 14.8 Å².